The highest BCUT2D eigenvalue weighted by Crippen LogP contribution is 2.22. The monoisotopic (exact) mass is 389 g/mol. The molecule has 1 aliphatic rings. The summed E-state index contributed by atoms with van der Waals surface area (Å²) in [6.45, 7) is 5.28. The minimum Gasteiger partial charge on any atom is -0.480 e. The molecule has 1 saturated heterocycles. The number of aliphatic carboxylic acids is 1. The molecule has 0 aliphatic carbocycles. The fraction of sp³-hybridized carbons (Fsp3) is 0.500. The van der Waals surface area contributed by atoms with Gasteiger partial charge in [0, 0.05) is 44.2 Å². The number of hydrogen-bond donors (Lipinski definition) is 2. The third-order valence-electron chi connectivity index (χ3n) is 4.92. The van der Waals surface area contributed by atoms with Gasteiger partial charge >= 0.3 is 5.97 Å². The van der Waals surface area contributed by atoms with Crippen molar-refractivity contribution in [2.75, 3.05) is 25.0 Å². The number of rotatable bonds is 5. The Morgan fingerprint density at radius 3 is 2.50 bits per heavy atom. The molecule has 0 aromatic heterocycles. The number of carbonyl (C=O) groups excluding carboxylic acids is 3. The topological polar surface area (TPSA) is 107 Å². The van der Waals surface area contributed by atoms with Crippen LogP contribution in [0.25, 0.3) is 0 Å². The molecule has 1 aromatic rings. The van der Waals surface area contributed by atoms with Crippen molar-refractivity contribution in [3.63, 3.8) is 0 Å². The summed E-state index contributed by atoms with van der Waals surface area (Å²) in [7, 11) is 0. The predicted octanol–water partition coefficient (Wildman–Crippen LogP) is 1.88. The number of amides is 3. The third-order valence-corrected chi connectivity index (χ3v) is 4.92. The number of hydrogen-bond acceptors (Lipinski definition) is 4. The first-order valence-corrected chi connectivity index (χ1v) is 9.35. The maximum absolute atomic E-state index is 13.0. The summed E-state index contributed by atoms with van der Waals surface area (Å²) < 4.78 is 0. The van der Waals surface area contributed by atoms with Crippen LogP contribution in [-0.4, -0.2) is 64.3 Å². The van der Waals surface area contributed by atoms with Crippen molar-refractivity contribution in [1.29, 1.82) is 0 Å². The normalized spacial score (nSPS) is 16.8. The predicted molar refractivity (Wildman–Crippen MR) is 104 cm³/mol. The van der Waals surface area contributed by atoms with Gasteiger partial charge < -0.3 is 20.2 Å². The lowest BCUT2D eigenvalue weighted by Gasteiger charge is -2.29. The molecule has 8 heteroatoms. The number of anilines is 1. The fourth-order valence-electron chi connectivity index (χ4n) is 3.54. The summed E-state index contributed by atoms with van der Waals surface area (Å²) in [6, 6.07) is 5.03. The van der Waals surface area contributed by atoms with Crippen molar-refractivity contribution < 1.29 is 24.3 Å². The Labute approximate surface area is 164 Å². The molecule has 2 N–H and O–H groups in total. The van der Waals surface area contributed by atoms with Crippen LogP contribution in [0.1, 0.15) is 49.0 Å². The maximum atomic E-state index is 13.0. The molecule has 152 valence electrons. The lowest BCUT2D eigenvalue weighted by molar-refractivity contribution is -0.145. The zero-order valence-corrected chi connectivity index (χ0v) is 16.5. The quantitative estimate of drug-likeness (QED) is 0.800. The van der Waals surface area contributed by atoms with Gasteiger partial charge in [0.1, 0.15) is 6.54 Å². The van der Waals surface area contributed by atoms with E-state index in [2.05, 4.69) is 5.32 Å². The van der Waals surface area contributed by atoms with E-state index in [0.29, 0.717) is 43.6 Å². The van der Waals surface area contributed by atoms with Crippen LogP contribution in [0.5, 0.6) is 0 Å². The van der Waals surface area contributed by atoms with Gasteiger partial charge in [-0.1, -0.05) is 6.07 Å². The van der Waals surface area contributed by atoms with Crippen molar-refractivity contribution >= 4 is 29.4 Å². The average Bonchev–Trinajstić information content (AvgIpc) is 2.86. The van der Waals surface area contributed by atoms with E-state index in [0.717, 1.165) is 5.56 Å². The van der Waals surface area contributed by atoms with Gasteiger partial charge in [-0.05, 0) is 43.9 Å². The number of nitrogens with zero attached hydrogens (tertiary/aromatic N) is 2. The number of carbonyl (C=O) groups is 4. The molecule has 0 radical (unpaired) electrons. The lowest BCUT2D eigenvalue weighted by atomic mass is 10.1. The van der Waals surface area contributed by atoms with Crippen LogP contribution in [-0.2, 0) is 14.4 Å². The van der Waals surface area contributed by atoms with E-state index >= 15 is 0 Å². The summed E-state index contributed by atoms with van der Waals surface area (Å²) >= 11 is 0. The Balaban J connectivity index is 2.13. The van der Waals surface area contributed by atoms with Gasteiger partial charge in [-0.15, -0.1) is 0 Å². The second kappa shape index (κ2) is 9.34. The van der Waals surface area contributed by atoms with Gasteiger partial charge in [0.05, 0.1) is 0 Å². The van der Waals surface area contributed by atoms with E-state index in [4.69, 9.17) is 5.11 Å². The molecule has 0 spiro atoms. The highest BCUT2D eigenvalue weighted by atomic mass is 16.4. The maximum Gasteiger partial charge on any atom is 0.323 e. The molecule has 0 saturated carbocycles. The minimum absolute atomic E-state index is 0.127. The van der Waals surface area contributed by atoms with Crippen LogP contribution in [0.4, 0.5) is 5.69 Å². The Hall–Kier alpha value is -2.90. The molecule has 1 aromatic carbocycles. The Bertz CT molecular complexity index is 777. The molecule has 1 unspecified atom stereocenters. The molecule has 28 heavy (non-hydrogen) atoms. The van der Waals surface area contributed by atoms with Gasteiger partial charge in [-0.25, -0.2) is 0 Å². The van der Waals surface area contributed by atoms with Crippen LogP contribution in [0, 0.1) is 6.92 Å². The molecule has 1 aliphatic heterocycles. The zero-order chi connectivity index (χ0) is 20.8. The van der Waals surface area contributed by atoms with E-state index in [9.17, 15) is 19.2 Å². The van der Waals surface area contributed by atoms with Crippen LogP contribution < -0.4 is 5.32 Å². The zero-order valence-electron chi connectivity index (χ0n) is 16.5. The van der Waals surface area contributed by atoms with Crippen molar-refractivity contribution in [1.82, 2.24) is 9.80 Å². The minimum atomic E-state index is -1.04. The smallest absolute Gasteiger partial charge is 0.323 e. The first-order valence-electron chi connectivity index (χ1n) is 9.35. The van der Waals surface area contributed by atoms with Gasteiger partial charge in [0.2, 0.25) is 11.8 Å². The summed E-state index contributed by atoms with van der Waals surface area (Å²) in [5.41, 5.74) is 1.91. The molecule has 2 rings (SSSR count). The van der Waals surface area contributed by atoms with Crippen molar-refractivity contribution in [2.45, 2.75) is 46.1 Å². The van der Waals surface area contributed by atoms with Crippen LogP contribution in [0.15, 0.2) is 18.2 Å². The highest BCUT2D eigenvalue weighted by Gasteiger charge is 2.28. The largest absolute Gasteiger partial charge is 0.480 e. The first-order chi connectivity index (χ1) is 13.2. The molecule has 0 bridgehead atoms. The number of likely N-dealkylation sites (tertiary alicyclic amines) is 1. The lowest BCUT2D eigenvalue weighted by Crippen LogP contribution is -2.43. The molecule has 1 fully saturated rings. The van der Waals surface area contributed by atoms with Crippen LogP contribution >= 0.6 is 0 Å². The Morgan fingerprint density at radius 2 is 1.89 bits per heavy atom. The molecule has 3 amide bonds. The highest BCUT2D eigenvalue weighted by molar-refractivity contribution is 5.98. The molecule has 8 nitrogen and oxygen atoms in total. The summed E-state index contributed by atoms with van der Waals surface area (Å²) in [4.78, 5) is 50.3. The second-order valence-corrected chi connectivity index (χ2v) is 7.13. The van der Waals surface area contributed by atoms with Crippen molar-refractivity contribution in [3.8, 4) is 0 Å². The number of aryl methyl sites for hydroxylation is 1. The van der Waals surface area contributed by atoms with Crippen LogP contribution in [0.2, 0.25) is 0 Å². The van der Waals surface area contributed by atoms with E-state index in [1.54, 1.807) is 23.1 Å². The Morgan fingerprint density at radius 1 is 1.18 bits per heavy atom. The summed E-state index contributed by atoms with van der Waals surface area (Å²) in [5, 5.41) is 11.7. The Kier molecular flexibility index (Phi) is 7.14. The van der Waals surface area contributed by atoms with Gasteiger partial charge in [-0.2, -0.15) is 0 Å². The molecular formula is C20H27N3O5. The van der Waals surface area contributed by atoms with Gasteiger partial charge in [0.15, 0.2) is 0 Å². The first kappa shape index (κ1) is 21.4. The van der Waals surface area contributed by atoms with Gasteiger partial charge in [-0.3, -0.25) is 19.2 Å². The molecule has 1 heterocycles. The number of benzene rings is 1. The SMILES string of the molecule is CC(=O)Nc1ccc(C)c(C(=O)N2CCCC(N(CC(=O)O)C(C)=O)CC2)c1. The number of carboxylic acids is 1. The average molecular weight is 389 g/mol. The standard InChI is InChI=1S/C20H27N3O5/c1-13-6-7-16(21-14(2)24)11-18(13)20(28)22-9-4-5-17(8-10-22)23(15(3)25)12-19(26)27/h6-7,11,17H,4-5,8-10,12H2,1-3H3,(H,21,24)(H,26,27). The third kappa shape index (κ3) is 5.55. The second-order valence-electron chi connectivity index (χ2n) is 7.13. The van der Waals surface area contributed by atoms with E-state index in [-0.39, 0.29) is 30.3 Å². The van der Waals surface area contributed by atoms with E-state index < -0.39 is 5.97 Å². The van der Waals surface area contributed by atoms with E-state index in [1.165, 1.54) is 18.7 Å². The van der Waals surface area contributed by atoms with Crippen LogP contribution in [0.3, 0.4) is 0 Å². The fourth-order valence-corrected chi connectivity index (χ4v) is 3.54. The van der Waals surface area contributed by atoms with Crippen molar-refractivity contribution in [3.05, 3.63) is 29.3 Å². The molecule has 1 atom stereocenters. The van der Waals surface area contributed by atoms with Crippen molar-refractivity contribution in [2.24, 2.45) is 0 Å². The summed E-state index contributed by atoms with van der Waals surface area (Å²) in [6.07, 6.45) is 1.87. The van der Waals surface area contributed by atoms with Gasteiger partial charge in [0.25, 0.3) is 5.91 Å². The number of carboxylic acid groups (broad SMARTS) is 1. The van der Waals surface area contributed by atoms with E-state index in [1.807, 2.05) is 6.92 Å². The summed E-state index contributed by atoms with van der Waals surface area (Å²) in [5.74, 6) is -1.65. The number of nitrogens with one attached hydrogen (secondary N) is 1. The molecular weight excluding hydrogens is 362 g/mol.